The van der Waals surface area contributed by atoms with Crippen LogP contribution in [0.5, 0.6) is 0 Å². The number of carbonyl (C=O) groups excluding carboxylic acids is 1. The van der Waals surface area contributed by atoms with Crippen LogP contribution in [0.25, 0.3) is 21.9 Å². The molecule has 0 spiro atoms. The van der Waals surface area contributed by atoms with Crippen molar-refractivity contribution in [2.45, 2.75) is 32.7 Å². The van der Waals surface area contributed by atoms with Crippen molar-refractivity contribution in [3.05, 3.63) is 54.4 Å². The first-order valence-electron chi connectivity index (χ1n) is 12.4. The molecule has 0 fully saturated rings. The average Bonchev–Trinajstić information content (AvgIpc) is 3.24. The predicted molar refractivity (Wildman–Crippen MR) is 147 cm³/mol. The molecule has 0 bridgehead atoms. The number of pyridine rings is 1. The molecular formula is C27H35N7O2. The first-order valence-corrected chi connectivity index (χ1v) is 12.4. The Morgan fingerprint density at radius 2 is 1.86 bits per heavy atom. The van der Waals surface area contributed by atoms with Gasteiger partial charge in [0.2, 0.25) is 0 Å². The lowest BCUT2D eigenvalue weighted by Gasteiger charge is -2.13. The highest BCUT2D eigenvalue weighted by Crippen LogP contribution is 2.29. The largest absolute Gasteiger partial charge is 0.382 e. The van der Waals surface area contributed by atoms with E-state index in [1.807, 2.05) is 61.5 Å². The molecule has 36 heavy (non-hydrogen) atoms. The Hall–Kier alpha value is -3.85. The first kappa shape index (κ1) is 25.2. The monoisotopic (exact) mass is 489 g/mol. The smallest absolute Gasteiger partial charge is 0.319 e. The molecule has 4 aromatic rings. The maximum Gasteiger partial charge on any atom is 0.319 e. The van der Waals surface area contributed by atoms with Crippen molar-refractivity contribution in [1.82, 2.24) is 19.9 Å². The third-order valence-electron chi connectivity index (χ3n) is 6.08. The van der Waals surface area contributed by atoms with Crippen LogP contribution >= 0.6 is 0 Å². The van der Waals surface area contributed by atoms with E-state index < -0.39 is 0 Å². The Balaban J connectivity index is 1.33. The number of para-hydroxylation sites is 1. The molecule has 4 rings (SSSR count). The van der Waals surface area contributed by atoms with Crippen LogP contribution in [0.3, 0.4) is 0 Å². The minimum Gasteiger partial charge on any atom is -0.382 e. The lowest BCUT2D eigenvalue weighted by Crippen LogP contribution is -2.31. The Bertz CT molecular complexity index is 1320. The molecule has 0 saturated carbocycles. The van der Waals surface area contributed by atoms with Crippen molar-refractivity contribution in [2.24, 2.45) is 0 Å². The lowest BCUT2D eigenvalue weighted by molar-refractivity contribution is 0.129. The number of carbonyl (C=O) groups is 1. The van der Waals surface area contributed by atoms with Gasteiger partial charge in [0.25, 0.3) is 0 Å². The van der Waals surface area contributed by atoms with Crippen LogP contribution in [0.15, 0.2) is 48.5 Å². The van der Waals surface area contributed by atoms with E-state index in [9.17, 15) is 4.79 Å². The van der Waals surface area contributed by atoms with Crippen LogP contribution < -0.4 is 21.3 Å². The van der Waals surface area contributed by atoms with Gasteiger partial charge >= 0.3 is 6.03 Å². The van der Waals surface area contributed by atoms with Gasteiger partial charge in [-0.15, -0.1) is 0 Å². The highest BCUT2D eigenvalue weighted by molar-refractivity contribution is 6.06. The molecule has 2 aromatic carbocycles. The molecule has 0 aliphatic rings. The van der Waals surface area contributed by atoms with Crippen molar-refractivity contribution >= 4 is 45.2 Å². The number of fused-ring (bicyclic) bond motifs is 3. The summed E-state index contributed by atoms with van der Waals surface area (Å²) in [6.45, 7) is 4.14. The third-order valence-corrected chi connectivity index (χ3v) is 6.08. The Kier molecular flexibility index (Phi) is 8.22. The molecule has 4 N–H and O–H groups in total. The summed E-state index contributed by atoms with van der Waals surface area (Å²) in [6, 6.07) is 15.4. The topological polar surface area (TPSA) is 110 Å². The molecule has 9 heteroatoms. The molecule has 0 atom stereocenters. The average molecular weight is 490 g/mol. The van der Waals surface area contributed by atoms with Crippen LogP contribution in [-0.2, 0) is 17.7 Å². The summed E-state index contributed by atoms with van der Waals surface area (Å²) >= 11 is 0. The number of hydrogen-bond donors (Lipinski definition) is 3. The lowest BCUT2D eigenvalue weighted by atomic mass is 10.2. The van der Waals surface area contributed by atoms with Gasteiger partial charge < -0.3 is 30.6 Å². The van der Waals surface area contributed by atoms with Gasteiger partial charge in [0.15, 0.2) is 5.82 Å². The van der Waals surface area contributed by atoms with Gasteiger partial charge in [-0.05, 0) is 36.8 Å². The summed E-state index contributed by atoms with van der Waals surface area (Å²) < 4.78 is 8.07. The molecule has 0 radical (unpaired) electrons. The summed E-state index contributed by atoms with van der Waals surface area (Å²) in [5, 5.41) is 6.71. The SMILES string of the molecule is CCCCc1nc2c(N)nc3ccccc3c2n1CCOCCNC(=O)Nc1ccc(N(C)C)cc1. The van der Waals surface area contributed by atoms with Crippen molar-refractivity contribution in [3.8, 4) is 0 Å². The number of imidazole rings is 1. The zero-order chi connectivity index (χ0) is 25.5. The van der Waals surface area contributed by atoms with E-state index in [0.717, 1.165) is 58.4 Å². The van der Waals surface area contributed by atoms with Gasteiger partial charge in [-0.25, -0.2) is 14.8 Å². The predicted octanol–water partition coefficient (Wildman–Crippen LogP) is 4.41. The molecule has 2 amide bonds. The summed E-state index contributed by atoms with van der Waals surface area (Å²) in [5.74, 6) is 1.45. The minimum atomic E-state index is -0.256. The second-order valence-electron chi connectivity index (χ2n) is 8.93. The van der Waals surface area contributed by atoms with Crippen molar-refractivity contribution < 1.29 is 9.53 Å². The molecule has 0 aliphatic heterocycles. The standard InChI is InChI=1S/C27H35N7O2/c1-4-5-10-23-32-24-25(21-8-6-7-9-22(21)31-26(24)28)34(23)16-18-36-17-15-29-27(35)30-19-11-13-20(14-12-19)33(2)3/h6-9,11-14H,4-5,10,15-18H2,1-3H3,(H2,28,31)(H2,29,30,35). The van der Waals surface area contributed by atoms with Crippen LogP contribution in [0.1, 0.15) is 25.6 Å². The number of anilines is 3. The normalized spacial score (nSPS) is 11.2. The number of aromatic nitrogens is 3. The molecule has 0 saturated heterocycles. The van der Waals surface area contributed by atoms with Gasteiger partial charge in [0.1, 0.15) is 11.3 Å². The second kappa shape index (κ2) is 11.7. The van der Waals surface area contributed by atoms with Gasteiger partial charge in [-0.3, -0.25) is 0 Å². The van der Waals surface area contributed by atoms with E-state index in [-0.39, 0.29) is 6.03 Å². The van der Waals surface area contributed by atoms with E-state index in [2.05, 4.69) is 33.2 Å². The van der Waals surface area contributed by atoms with Gasteiger partial charge in [0, 0.05) is 50.4 Å². The molecule has 2 aromatic heterocycles. The zero-order valence-electron chi connectivity index (χ0n) is 21.3. The fraction of sp³-hybridized carbons (Fsp3) is 0.370. The summed E-state index contributed by atoms with van der Waals surface area (Å²) in [7, 11) is 3.95. The van der Waals surface area contributed by atoms with Crippen LogP contribution in [-0.4, -0.2) is 54.4 Å². The molecule has 190 valence electrons. The molecule has 0 unspecified atom stereocenters. The summed E-state index contributed by atoms with van der Waals surface area (Å²) in [4.78, 5) is 23.6. The number of aryl methyl sites for hydroxylation is 1. The zero-order valence-corrected chi connectivity index (χ0v) is 21.3. The number of amides is 2. The fourth-order valence-corrected chi connectivity index (χ4v) is 4.18. The van der Waals surface area contributed by atoms with Gasteiger partial charge in [0.05, 0.1) is 24.2 Å². The van der Waals surface area contributed by atoms with E-state index in [1.54, 1.807) is 0 Å². The highest BCUT2D eigenvalue weighted by atomic mass is 16.5. The van der Waals surface area contributed by atoms with Crippen molar-refractivity contribution in [3.63, 3.8) is 0 Å². The molecule has 2 heterocycles. The van der Waals surface area contributed by atoms with Crippen LogP contribution in [0.2, 0.25) is 0 Å². The van der Waals surface area contributed by atoms with Crippen LogP contribution in [0, 0.1) is 0 Å². The molecular weight excluding hydrogens is 454 g/mol. The number of nitrogens with one attached hydrogen (secondary N) is 2. The van der Waals surface area contributed by atoms with Crippen LogP contribution in [0.4, 0.5) is 22.0 Å². The quantitative estimate of drug-likeness (QED) is 0.269. The number of nitrogens with zero attached hydrogens (tertiary/aromatic N) is 4. The van der Waals surface area contributed by atoms with Gasteiger partial charge in [-0.1, -0.05) is 31.5 Å². The third kappa shape index (κ3) is 5.85. The maximum atomic E-state index is 12.2. The highest BCUT2D eigenvalue weighted by Gasteiger charge is 2.17. The van der Waals surface area contributed by atoms with Crippen molar-refractivity contribution in [1.29, 1.82) is 0 Å². The molecule has 9 nitrogen and oxygen atoms in total. The fourth-order valence-electron chi connectivity index (χ4n) is 4.18. The molecule has 0 aliphatic carbocycles. The number of unbranched alkanes of at least 4 members (excludes halogenated alkanes) is 1. The summed E-state index contributed by atoms with van der Waals surface area (Å²) in [5.41, 5.74) is 10.7. The van der Waals surface area contributed by atoms with Gasteiger partial charge in [-0.2, -0.15) is 0 Å². The Morgan fingerprint density at radius 3 is 2.61 bits per heavy atom. The number of hydrogen-bond acceptors (Lipinski definition) is 6. The van der Waals surface area contributed by atoms with E-state index >= 15 is 0 Å². The number of rotatable bonds is 11. The number of nitrogens with two attached hydrogens (primary N) is 1. The number of ether oxygens (including phenoxy) is 1. The first-order chi connectivity index (χ1) is 17.5. The number of nitrogen functional groups attached to an aromatic ring is 1. The number of urea groups is 1. The second-order valence-corrected chi connectivity index (χ2v) is 8.93. The van der Waals surface area contributed by atoms with Crippen molar-refractivity contribution in [2.75, 3.05) is 49.8 Å². The van der Waals surface area contributed by atoms with E-state index in [4.69, 9.17) is 15.5 Å². The maximum absolute atomic E-state index is 12.2. The minimum absolute atomic E-state index is 0.256. The Morgan fingerprint density at radius 1 is 1.08 bits per heavy atom. The Labute approximate surface area is 211 Å². The van der Waals surface area contributed by atoms with E-state index in [0.29, 0.717) is 32.1 Å². The summed E-state index contributed by atoms with van der Waals surface area (Å²) in [6.07, 6.45) is 3.00. The number of benzene rings is 2. The van der Waals surface area contributed by atoms with E-state index in [1.165, 1.54) is 0 Å².